The second kappa shape index (κ2) is 8.08. The molecule has 0 spiro atoms. The Morgan fingerprint density at radius 2 is 1.75 bits per heavy atom. The first-order valence-corrected chi connectivity index (χ1v) is 13.2. The Labute approximate surface area is 195 Å². The Hall–Kier alpha value is -0.930. The second-order valence-corrected chi connectivity index (χ2v) is 12.8. The highest BCUT2D eigenvalue weighted by Gasteiger charge is 2.65. The average molecular weight is 443 g/mol. The fourth-order valence-corrected chi connectivity index (χ4v) is 8.46. The molecule has 0 aromatic rings. The van der Waals surface area contributed by atoms with Crippen molar-refractivity contribution in [1.82, 2.24) is 0 Å². The zero-order valence-electron chi connectivity index (χ0n) is 21.4. The van der Waals surface area contributed by atoms with E-state index in [1.54, 1.807) is 0 Å². The molecule has 32 heavy (non-hydrogen) atoms. The molecule has 4 aliphatic carbocycles. The van der Waals surface area contributed by atoms with Crippen molar-refractivity contribution >= 4 is 5.78 Å². The number of carbonyl (C=O) groups excluding carboxylic acids is 1. The van der Waals surface area contributed by atoms with Crippen molar-refractivity contribution < 1.29 is 15.0 Å². The van der Waals surface area contributed by atoms with Gasteiger partial charge in [0.25, 0.3) is 0 Å². The lowest BCUT2D eigenvalue weighted by Gasteiger charge is -2.59. The highest BCUT2D eigenvalue weighted by atomic mass is 16.3. The summed E-state index contributed by atoms with van der Waals surface area (Å²) >= 11 is 0. The van der Waals surface area contributed by atoms with Crippen molar-refractivity contribution in [2.75, 3.05) is 0 Å². The van der Waals surface area contributed by atoms with Gasteiger partial charge < -0.3 is 10.2 Å². The summed E-state index contributed by atoms with van der Waals surface area (Å²) in [5.74, 6) is 3.02. The topological polar surface area (TPSA) is 57.5 Å². The Morgan fingerprint density at radius 3 is 2.41 bits per heavy atom. The minimum Gasteiger partial charge on any atom is -0.393 e. The molecule has 0 unspecified atom stereocenters. The third-order valence-electron chi connectivity index (χ3n) is 11.0. The van der Waals surface area contributed by atoms with Crippen LogP contribution in [0.1, 0.15) is 93.4 Å². The summed E-state index contributed by atoms with van der Waals surface area (Å²) in [6, 6.07) is 0. The van der Waals surface area contributed by atoms with Crippen LogP contribution in [0, 0.1) is 46.3 Å². The standard InChI is InChI=1S/C29H46O3/c1-17(2)20(5)18(3)14-19(4)23-8-9-24-22-15-26(31)29(32)16-21(30)10-13-28(29,7)25(22)11-12-27(23,24)6/h14-15,17,19-21,23-25,30,32H,8-13,16H2,1-7H3/b18-14+/t19-,20-,21+,23-,24+,25+,27-,28-,29+/m1/s1. The number of aliphatic hydroxyl groups excluding tert-OH is 1. The zero-order valence-corrected chi connectivity index (χ0v) is 21.4. The summed E-state index contributed by atoms with van der Waals surface area (Å²) in [7, 11) is 0. The first-order valence-electron chi connectivity index (χ1n) is 13.2. The van der Waals surface area contributed by atoms with Gasteiger partial charge >= 0.3 is 0 Å². The molecule has 3 saturated carbocycles. The summed E-state index contributed by atoms with van der Waals surface area (Å²) in [5, 5.41) is 21.7. The molecule has 180 valence electrons. The van der Waals surface area contributed by atoms with E-state index >= 15 is 0 Å². The van der Waals surface area contributed by atoms with Gasteiger partial charge in [0.15, 0.2) is 5.78 Å². The molecule has 3 fully saturated rings. The first kappa shape index (κ1) is 24.2. The predicted octanol–water partition coefficient (Wildman–Crippen LogP) is 6.09. The van der Waals surface area contributed by atoms with E-state index in [0.717, 1.165) is 19.3 Å². The first-order chi connectivity index (χ1) is 14.8. The van der Waals surface area contributed by atoms with Gasteiger partial charge in [0.05, 0.1) is 6.10 Å². The third kappa shape index (κ3) is 3.40. The molecule has 3 heteroatoms. The summed E-state index contributed by atoms with van der Waals surface area (Å²) in [6.45, 7) is 16.3. The molecule has 0 amide bonds. The molecule has 0 aromatic heterocycles. The molecule has 2 N–H and O–H groups in total. The van der Waals surface area contributed by atoms with Gasteiger partial charge in [-0.2, -0.15) is 0 Å². The summed E-state index contributed by atoms with van der Waals surface area (Å²) < 4.78 is 0. The van der Waals surface area contributed by atoms with Crippen LogP contribution >= 0.6 is 0 Å². The number of carbonyl (C=O) groups is 1. The Balaban J connectivity index is 1.64. The summed E-state index contributed by atoms with van der Waals surface area (Å²) in [5.41, 5.74) is 1.23. The highest BCUT2D eigenvalue weighted by molar-refractivity contribution is 5.99. The van der Waals surface area contributed by atoms with E-state index in [9.17, 15) is 15.0 Å². The van der Waals surface area contributed by atoms with E-state index in [1.165, 1.54) is 24.0 Å². The molecule has 0 aliphatic heterocycles. The van der Waals surface area contributed by atoms with Gasteiger partial charge in [0, 0.05) is 11.8 Å². The molecule has 0 bridgehead atoms. The maximum absolute atomic E-state index is 13.3. The molecule has 4 aliphatic rings. The minimum absolute atomic E-state index is 0.146. The fourth-order valence-electron chi connectivity index (χ4n) is 8.46. The van der Waals surface area contributed by atoms with Crippen LogP contribution in [0.3, 0.4) is 0 Å². The van der Waals surface area contributed by atoms with E-state index in [4.69, 9.17) is 0 Å². The normalized spacial score (nSPS) is 46.2. The molecule has 0 heterocycles. The third-order valence-corrected chi connectivity index (χ3v) is 11.0. The lowest BCUT2D eigenvalue weighted by molar-refractivity contribution is -0.180. The Kier molecular flexibility index (Phi) is 6.11. The van der Waals surface area contributed by atoms with E-state index < -0.39 is 17.1 Å². The van der Waals surface area contributed by atoms with Crippen LogP contribution in [0.15, 0.2) is 23.3 Å². The number of aliphatic hydroxyl groups is 2. The SMILES string of the molecule is C/C(=C\[C@@H](C)[C@H]1CC[C@H]2C3=CC(=O)[C@@]4(O)C[C@@H](O)CC[C@]4(C)[C@H]3CC[C@]12C)[C@H](C)C(C)C. The van der Waals surface area contributed by atoms with Crippen LogP contribution in [0.5, 0.6) is 0 Å². The smallest absolute Gasteiger partial charge is 0.187 e. The largest absolute Gasteiger partial charge is 0.393 e. The van der Waals surface area contributed by atoms with Gasteiger partial charge in [-0.3, -0.25) is 4.79 Å². The van der Waals surface area contributed by atoms with Crippen LogP contribution in [-0.4, -0.2) is 27.7 Å². The minimum atomic E-state index is -1.40. The van der Waals surface area contributed by atoms with Crippen LogP contribution in [0.4, 0.5) is 0 Å². The number of rotatable bonds is 4. The van der Waals surface area contributed by atoms with Gasteiger partial charge in [-0.25, -0.2) is 0 Å². The number of fused-ring (bicyclic) bond motifs is 5. The van der Waals surface area contributed by atoms with Crippen LogP contribution < -0.4 is 0 Å². The molecule has 0 radical (unpaired) electrons. The lowest BCUT2D eigenvalue weighted by Crippen LogP contribution is -2.64. The average Bonchev–Trinajstić information content (AvgIpc) is 3.07. The molecule has 4 rings (SSSR count). The van der Waals surface area contributed by atoms with Gasteiger partial charge in [0.2, 0.25) is 0 Å². The Bertz CT molecular complexity index is 824. The van der Waals surface area contributed by atoms with Gasteiger partial charge in [-0.05, 0) is 92.4 Å². The van der Waals surface area contributed by atoms with Crippen molar-refractivity contribution in [2.45, 2.75) is 105 Å². The van der Waals surface area contributed by atoms with E-state index in [1.807, 2.05) is 6.08 Å². The highest BCUT2D eigenvalue weighted by Crippen LogP contribution is 2.67. The van der Waals surface area contributed by atoms with Gasteiger partial charge in [-0.1, -0.05) is 58.8 Å². The van der Waals surface area contributed by atoms with Crippen LogP contribution in [0.25, 0.3) is 0 Å². The predicted molar refractivity (Wildman–Crippen MR) is 130 cm³/mol. The zero-order chi connectivity index (χ0) is 23.6. The van der Waals surface area contributed by atoms with Crippen molar-refractivity contribution in [3.05, 3.63) is 23.3 Å². The second-order valence-electron chi connectivity index (χ2n) is 12.8. The fraction of sp³-hybridized carbons (Fsp3) is 0.828. The molecule has 9 atom stereocenters. The number of hydrogen-bond acceptors (Lipinski definition) is 3. The molecule has 3 nitrogen and oxygen atoms in total. The van der Waals surface area contributed by atoms with Crippen molar-refractivity contribution in [2.24, 2.45) is 46.3 Å². The van der Waals surface area contributed by atoms with E-state index in [-0.39, 0.29) is 23.5 Å². The van der Waals surface area contributed by atoms with Crippen molar-refractivity contribution in [1.29, 1.82) is 0 Å². The van der Waals surface area contributed by atoms with Gasteiger partial charge in [0.1, 0.15) is 5.60 Å². The molecule has 0 saturated heterocycles. The van der Waals surface area contributed by atoms with E-state index in [2.05, 4.69) is 54.5 Å². The number of allylic oxidation sites excluding steroid dienone is 3. The molecule has 0 aromatic carbocycles. The van der Waals surface area contributed by atoms with Crippen LogP contribution in [0.2, 0.25) is 0 Å². The lowest BCUT2D eigenvalue weighted by atomic mass is 9.46. The van der Waals surface area contributed by atoms with E-state index in [0.29, 0.717) is 36.0 Å². The number of hydrogen-bond donors (Lipinski definition) is 2. The number of ketones is 1. The molecular formula is C29H46O3. The monoisotopic (exact) mass is 442 g/mol. The Morgan fingerprint density at radius 1 is 1.06 bits per heavy atom. The van der Waals surface area contributed by atoms with Crippen molar-refractivity contribution in [3.63, 3.8) is 0 Å². The van der Waals surface area contributed by atoms with Gasteiger partial charge in [-0.15, -0.1) is 0 Å². The maximum Gasteiger partial charge on any atom is 0.187 e. The summed E-state index contributed by atoms with van der Waals surface area (Å²) in [4.78, 5) is 13.3. The van der Waals surface area contributed by atoms with Crippen LogP contribution in [-0.2, 0) is 4.79 Å². The summed E-state index contributed by atoms with van der Waals surface area (Å²) in [6.07, 6.45) is 10.0. The maximum atomic E-state index is 13.3. The van der Waals surface area contributed by atoms with Crippen molar-refractivity contribution in [3.8, 4) is 0 Å². The quantitative estimate of drug-likeness (QED) is 0.518. The molecular weight excluding hydrogens is 396 g/mol.